The molecule has 2 N–H and O–H groups in total. The number of carbonyl (C=O) groups is 1. The number of carbonyl (C=O) groups excluding carboxylic acids is 1. The van der Waals surface area contributed by atoms with Crippen LogP contribution in [0.25, 0.3) is 22.2 Å². The van der Waals surface area contributed by atoms with E-state index in [0.29, 0.717) is 21.6 Å². The molecule has 0 saturated carbocycles. The minimum Gasteiger partial charge on any atom is -0.345 e. The van der Waals surface area contributed by atoms with Gasteiger partial charge in [-0.2, -0.15) is 0 Å². The summed E-state index contributed by atoms with van der Waals surface area (Å²) in [6, 6.07) is 16.3. The van der Waals surface area contributed by atoms with Crippen molar-refractivity contribution < 1.29 is 22.0 Å². The largest absolute Gasteiger partial charge is 0.345 e. The number of fused-ring (bicyclic) bond motifs is 1. The fraction of sp³-hybridized carbons (Fsp3) is 0.0370. The van der Waals surface area contributed by atoms with Gasteiger partial charge in [0.15, 0.2) is 5.82 Å². The number of H-pyrrole nitrogens is 1. The monoisotopic (exact) mass is 537 g/mol. The number of nitrogens with one attached hydrogen (secondary N) is 2. The van der Waals surface area contributed by atoms with Crippen LogP contribution in [-0.4, -0.2) is 24.2 Å². The molecule has 0 unspecified atom stereocenters. The fourth-order valence-corrected chi connectivity index (χ4v) is 5.07. The Morgan fingerprint density at radius 2 is 1.68 bits per heavy atom. The lowest BCUT2D eigenvalue weighted by Crippen LogP contribution is -2.16. The number of aromatic amines is 1. The van der Waals surface area contributed by atoms with Crippen LogP contribution >= 0.6 is 11.6 Å². The van der Waals surface area contributed by atoms with Crippen LogP contribution in [-0.2, 0) is 10.0 Å². The standard InChI is InChI=1S/C27H18ClF2N3O3S/c1-15-2-8-19(9-3-15)37(35,36)33-23-11-10-22(29)24(25(23)30)26(34)21-14-32-27-20(21)12-17(13-31-27)16-4-6-18(28)7-5-16/h2-14,33H,1H3,(H,31,32). The molecule has 5 aromatic rings. The number of aromatic nitrogens is 2. The number of benzene rings is 3. The topological polar surface area (TPSA) is 91.9 Å². The molecule has 37 heavy (non-hydrogen) atoms. The number of rotatable bonds is 6. The molecule has 10 heteroatoms. The Hall–Kier alpha value is -4.08. The predicted molar refractivity (Wildman–Crippen MR) is 138 cm³/mol. The fourth-order valence-electron chi connectivity index (χ4n) is 3.89. The first-order valence-electron chi connectivity index (χ1n) is 11.0. The maximum atomic E-state index is 15.4. The van der Waals surface area contributed by atoms with Crippen molar-refractivity contribution in [2.45, 2.75) is 11.8 Å². The molecule has 0 fully saturated rings. The van der Waals surface area contributed by atoms with E-state index in [2.05, 4.69) is 14.7 Å². The maximum Gasteiger partial charge on any atom is 0.261 e. The Kier molecular flexibility index (Phi) is 6.26. The SMILES string of the molecule is Cc1ccc(S(=O)(=O)Nc2ccc(F)c(C(=O)c3c[nH]c4ncc(-c5ccc(Cl)cc5)cc34)c2F)cc1. The summed E-state index contributed by atoms with van der Waals surface area (Å²) in [4.78, 5) is 20.4. The minimum atomic E-state index is -4.19. The van der Waals surface area contributed by atoms with Gasteiger partial charge in [-0.25, -0.2) is 22.2 Å². The molecule has 3 aromatic carbocycles. The predicted octanol–water partition coefficient (Wildman–Crippen LogP) is 6.50. The molecule has 0 aliphatic carbocycles. The summed E-state index contributed by atoms with van der Waals surface area (Å²) in [6.07, 6.45) is 2.91. The van der Waals surface area contributed by atoms with Crippen molar-refractivity contribution >= 4 is 44.1 Å². The van der Waals surface area contributed by atoms with Gasteiger partial charge in [0.25, 0.3) is 10.0 Å². The van der Waals surface area contributed by atoms with E-state index in [4.69, 9.17) is 11.6 Å². The Morgan fingerprint density at radius 1 is 0.973 bits per heavy atom. The van der Waals surface area contributed by atoms with Crippen molar-refractivity contribution in [2.75, 3.05) is 4.72 Å². The highest BCUT2D eigenvalue weighted by Gasteiger charge is 2.26. The van der Waals surface area contributed by atoms with Crippen LogP contribution in [0.2, 0.25) is 5.02 Å². The van der Waals surface area contributed by atoms with Gasteiger partial charge in [0.2, 0.25) is 5.78 Å². The summed E-state index contributed by atoms with van der Waals surface area (Å²) in [5.74, 6) is -3.42. The Labute approximate surface area is 216 Å². The van der Waals surface area contributed by atoms with E-state index in [1.165, 1.54) is 18.3 Å². The van der Waals surface area contributed by atoms with Crippen molar-refractivity contribution in [3.8, 4) is 11.1 Å². The average Bonchev–Trinajstić information content (AvgIpc) is 3.30. The number of aryl methyl sites for hydroxylation is 1. The van der Waals surface area contributed by atoms with Crippen LogP contribution < -0.4 is 4.72 Å². The Balaban J connectivity index is 1.54. The zero-order valence-electron chi connectivity index (χ0n) is 19.2. The van der Waals surface area contributed by atoms with Gasteiger partial charge in [0.1, 0.15) is 11.5 Å². The van der Waals surface area contributed by atoms with Crippen molar-refractivity contribution in [3.05, 3.63) is 112 Å². The van der Waals surface area contributed by atoms with Crippen LogP contribution in [0, 0.1) is 18.6 Å². The molecule has 186 valence electrons. The van der Waals surface area contributed by atoms with E-state index in [1.54, 1.807) is 55.6 Å². The zero-order valence-corrected chi connectivity index (χ0v) is 20.8. The summed E-state index contributed by atoms with van der Waals surface area (Å²) in [5.41, 5.74) is 1.17. The molecule has 0 amide bonds. The summed E-state index contributed by atoms with van der Waals surface area (Å²) in [6.45, 7) is 1.79. The van der Waals surface area contributed by atoms with E-state index in [-0.39, 0.29) is 10.5 Å². The highest BCUT2D eigenvalue weighted by Crippen LogP contribution is 2.30. The van der Waals surface area contributed by atoms with Crippen molar-refractivity contribution in [1.82, 2.24) is 9.97 Å². The summed E-state index contributed by atoms with van der Waals surface area (Å²) in [7, 11) is -4.19. The molecule has 0 saturated heterocycles. The first kappa shape index (κ1) is 24.6. The van der Waals surface area contributed by atoms with Crippen molar-refractivity contribution in [1.29, 1.82) is 0 Å². The third kappa shape index (κ3) is 4.71. The van der Waals surface area contributed by atoms with Crippen molar-refractivity contribution in [3.63, 3.8) is 0 Å². The van der Waals surface area contributed by atoms with E-state index in [1.807, 2.05) is 0 Å². The first-order chi connectivity index (χ1) is 17.6. The highest BCUT2D eigenvalue weighted by molar-refractivity contribution is 7.92. The van der Waals surface area contributed by atoms with Gasteiger partial charge >= 0.3 is 0 Å². The lowest BCUT2D eigenvalue weighted by atomic mass is 10.00. The molecular weight excluding hydrogens is 520 g/mol. The third-order valence-electron chi connectivity index (χ3n) is 5.85. The number of pyridine rings is 1. The van der Waals surface area contributed by atoms with Crippen LogP contribution in [0.15, 0.2) is 84.0 Å². The second-order valence-electron chi connectivity index (χ2n) is 8.36. The lowest BCUT2D eigenvalue weighted by molar-refractivity contribution is 0.103. The number of hydrogen-bond donors (Lipinski definition) is 2. The number of nitrogens with zero attached hydrogens (tertiary/aromatic N) is 1. The quantitative estimate of drug-likeness (QED) is 0.242. The van der Waals surface area contributed by atoms with Crippen LogP contribution in [0.3, 0.4) is 0 Å². The van der Waals surface area contributed by atoms with E-state index in [0.717, 1.165) is 23.3 Å². The average molecular weight is 538 g/mol. The number of anilines is 1. The molecule has 0 bridgehead atoms. The van der Waals surface area contributed by atoms with Crippen LogP contribution in [0.5, 0.6) is 0 Å². The molecule has 0 radical (unpaired) electrons. The summed E-state index contributed by atoms with van der Waals surface area (Å²) >= 11 is 5.96. The van der Waals surface area contributed by atoms with Gasteiger partial charge in [-0.3, -0.25) is 9.52 Å². The van der Waals surface area contributed by atoms with Crippen LogP contribution in [0.1, 0.15) is 21.5 Å². The van der Waals surface area contributed by atoms with Gasteiger partial charge in [-0.05, 0) is 55.0 Å². The lowest BCUT2D eigenvalue weighted by Gasteiger charge is -2.12. The molecule has 0 spiro atoms. The van der Waals surface area contributed by atoms with Gasteiger partial charge in [0.05, 0.1) is 16.1 Å². The summed E-state index contributed by atoms with van der Waals surface area (Å²) in [5, 5.41) is 0.904. The number of halogens is 3. The van der Waals surface area contributed by atoms with E-state index >= 15 is 4.39 Å². The molecule has 5 rings (SSSR count). The first-order valence-corrected chi connectivity index (χ1v) is 12.9. The van der Waals surface area contributed by atoms with Crippen molar-refractivity contribution in [2.24, 2.45) is 0 Å². The van der Waals surface area contributed by atoms with Gasteiger partial charge < -0.3 is 4.98 Å². The molecule has 6 nitrogen and oxygen atoms in total. The third-order valence-corrected chi connectivity index (χ3v) is 7.48. The number of hydrogen-bond acceptors (Lipinski definition) is 4. The second-order valence-corrected chi connectivity index (χ2v) is 10.5. The molecular formula is C27H18ClF2N3O3S. The molecule has 2 heterocycles. The van der Waals surface area contributed by atoms with Crippen LogP contribution in [0.4, 0.5) is 14.5 Å². The Bertz CT molecular complexity index is 1770. The van der Waals surface area contributed by atoms with E-state index < -0.39 is 38.7 Å². The van der Waals surface area contributed by atoms with Gasteiger partial charge in [-0.15, -0.1) is 0 Å². The Morgan fingerprint density at radius 3 is 2.38 bits per heavy atom. The molecule has 0 aliphatic rings. The molecule has 2 aromatic heterocycles. The van der Waals surface area contributed by atoms with E-state index in [9.17, 15) is 17.6 Å². The smallest absolute Gasteiger partial charge is 0.261 e. The number of ketones is 1. The maximum absolute atomic E-state index is 15.4. The molecule has 0 atom stereocenters. The zero-order chi connectivity index (χ0) is 26.3. The second kappa shape index (κ2) is 9.42. The van der Waals surface area contributed by atoms with Gasteiger partial charge in [0, 0.05) is 33.9 Å². The normalized spacial score (nSPS) is 11.6. The molecule has 0 aliphatic heterocycles. The highest BCUT2D eigenvalue weighted by atomic mass is 35.5. The number of sulfonamides is 1. The minimum absolute atomic E-state index is 0.0188. The summed E-state index contributed by atoms with van der Waals surface area (Å²) < 4.78 is 57.8. The van der Waals surface area contributed by atoms with Gasteiger partial charge in [-0.1, -0.05) is 41.4 Å².